The van der Waals surface area contributed by atoms with Gasteiger partial charge in [0.25, 0.3) is 0 Å². The van der Waals surface area contributed by atoms with Gasteiger partial charge in [-0.3, -0.25) is 0 Å². The van der Waals surface area contributed by atoms with Crippen molar-refractivity contribution in [1.82, 2.24) is 0 Å². The Morgan fingerprint density at radius 3 is 1.71 bits per heavy atom. The van der Waals surface area contributed by atoms with Crippen molar-refractivity contribution in [1.29, 1.82) is 0 Å². The van der Waals surface area contributed by atoms with Crippen molar-refractivity contribution >= 4 is 22.5 Å². The van der Waals surface area contributed by atoms with E-state index in [1.54, 1.807) is 0 Å². The first-order valence-corrected chi connectivity index (χ1v) is 3.00. The van der Waals surface area contributed by atoms with Crippen molar-refractivity contribution in [2.24, 2.45) is 0 Å². The van der Waals surface area contributed by atoms with Crippen molar-refractivity contribution in [3.8, 4) is 9.86 Å². The molecule has 4 heteroatoms. The molecular weight excluding hydrogens is 212 g/mol. The monoisotopic (exact) mass is 214 g/mol. The molecule has 0 unspecified atom stereocenters. The van der Waals surface area contributed by atoms with Crippen molar-refractivity contribution in [3.05, 3.63) is 0 Å². The van der Waals surface area contributed by atoms with Gasteiger partial charge < -0.3 is 0 Å². The minimum absolute atomic E-state index is 0.344. The molecule has 0 fully saturated rings. The third-order valence-electron chi connectivity index (χ3n) is 0.214. The molecule has 0 rings (SSSR count). The summed E-state index contributed by atoms with van der Waals surface area (Å²) in [6.07, 6.45) is -4.28. The fraction of sp³-hybridized carbons (Fsp3) is 0.333. The Bertz CT molecular complexity index is 104. The predicted molar refractivity (Wildman–Crippen MR) is 21.0 cm³/mol. The third kappa shape index (κ3) is 6.15. The second kappa shape index (κ2) is 2.45. The maximum atomic E-state index is 10.9. The normalized spacial score (nSPS) is 9.71. The molecule has 0 N–H and O–H groups in total. The van der Waals surface area contributed by atoms with E-state index in [4.69, 9.17) is 0 Å². The van der Waals surface area contributed by atoms with Gasteiger partial charge in [-0.15, -0.1) is 0 Å². The Balaban J connectivity index is 3.72. The maximum absolute atomic E-state index is 10.9. The van der Waals surface area contributed by atoms with Crippen molar-refractivity contribution in [2.45, 2.75) is 6.18 Å². The zero-order valence-corrected chi connectivity index (χ0v) is 6.51. The molecule has 38 valence electrons. The van der Waals surface area contributed by atoms with E-state index in [0.29, 0.717) is 22.5 Å². The van der Waals surface area contributed by atoms with E-state index in [2.05, 4.69) is 0 Å². The Morgan fingerprint density at radius 1 is 1.29 bits per heavy atom. The first kappa shape index (κ1) is 7.15. The van der Waals surface area contributed by atoms with Crippen molar-refractivity contribution in [2.75, 3.05) is 0 Å². The molecule has 0 saturated carbocycles. The summed E-state index contributed by atoms with van der Waals surface area (Å²) >= 11 is 0.344. The third-order valence-corrected chi connectivity index (χ3v) is 0.626. The minimum atomic E-state index is -4.28. The average molecular weight is 213 g/mol. The van der Waals surface area contributed by atoms with Gasteiger partial charge in [-0.05, 0) is 0 Å². The number of rotatable bonds is 0. The Morgan fingerprint density at radius 2 is 1.71 bits per heavy atom. The van der Waals surface area contributed by atoms with E-state index < -0.39 is 6.18 Å². The van der Waals surface area contributed by atoms with E-state index in [9.17, 15) is 13.2 Å². The summed E-state index contributed by atoms with van der Waals surface area (Å²) in [4.78, 5) is 0. The SMILES string of the molecule is FC(F)(F)C#[C][SnH]. The molecule has 0 spiro atoms. The molecule has 0 amide bonds. The van der Waals surface area contributed by atoms with Crippen LogP contribution < -0.4 is 0 Å². The zero-order chi connectivity index (χ0) is 5.91. The van der Waals surface area contributed by atoms with Gasteiger partial charge in [0, 0.05) is 0 Å². The van der Waals surface area contributed by atoms with E-state index >= 15 is 0 Å². The second-order valence-corrected chi connectivity index (χ2v) is 1.59. The van der Waals surface area contributed by atoms with Crippen LogP contribution in [-0.2, 0) is 0 Å². The van der Waals surface area contributed by atoms with Crippen LogP contribution in [0.3, 0.4) is 0 Å². The summed E-state index contributed by atoms with van der Waals surface area (Å²) in [6.45, 7) is 0. The van der Waals surface area contributed by atoms with Gasteiger partial charge in [-0.25, -0.2) is 0 Å². The predicted octanol–water partition coefficient (Wildman–Crippen LogP) is 0.410. The second-order valence-electron chi connectivity index (χ2n) is 0.767. The van der Waals surface area contributed by atoms with Crippen LogP contribution in [0.2, 0.25) is 0 Å². The van der Waals surface area contributed by atoms with E-state index in [-0.39, 0.29) is 0 Å². The molecule has 0 aliphatic rings. The molecule has 0 saturated heterocycles. The molecule has 0 atom stereocenters. The zero-order valence-electron chi connectivity index (χ0n) is 3.21. The standard InChI is InChI=1S/C3F3.Sn.H/c1-2-3(4,5)6;;. The number of alkyl halides is 3. The van der Waals surface area contributed by atoms with Gasteiger partial charge in [0.1, 0.15) is 0 Å². The quantitative estimate of drug-likeness (QED) is 0.403. The van der Waals surface area contributed by atoms with E-state index in [0.717, 1.165) is 5.92 Å². The van der Waals surface area contributed by atoms with Crippen molar-refractivity contribution < 1.29 is 13.2 Å². The first-order chi connectivity index (χ1) is 3.06. The molecule has 0 bridgehead atoms. The fourth-order valence-electron chi connectivity index (χ4n) is 0.0818. The van der Waals surface area contributed by atoms with Crippen LogP contribution in [-0.4, -0.2) is 28.7 Å². The van der Waals surface area contributed by atoms with Crippen LogP contribution in [0, 0.1) is 9.86 Å². The summed E-state index contributed by atoms with van der Waals surface area (Å²) in [5.74, 6) is 1.09. The number of hydrogen-bond acceptors (Lipinski definition) is 0. The van der Waals surface area contributed by atoms with Crippen LogP contribution in [0.5, 0.6) is 0 Å². The van der Waals surface area contributed by atoms with Gasteiger partial charge in [0.15, 0.2) is 0 Å². The van der Waals surface area contributed by atoms with E-state index in [1.807, 2.05) is 3.94 Å². The summed E-state index contributed by atoms with van der Waals surface area (Å²) in [5.41, 5.74) is 0. The first-order valence-electron chi connectivity index (χ1n) is 1.36. The van der Waals surface area contributed by atoms with Crippen molar-refractivity contribution in [3.63, 3.8) is 0 Å². The molecule has 0 aliphatic heterocycles. The average Bonchev–Trinajstić information content (AvgIpc) is 1.30. The molecule has 0 aliphatic carbocycles. The molecule has 0 heterocycles. The van der Waals surface area contributed by atoms with Gasteiger partial charge >= 0.3 is 51.7 Å². The van der Waals surface area contributed by atoms with Gasteiger partial charge in [0.05, 0.1) is 0 Å². The Kier molecular flexibility index (Phi) is 2.51. The Hall–Kier alpha value is 0.149. The van der Waals surface area contributed by atoms with Gasteiger partial charge in [-0.1, -0.05) is 0 Å². The summed E-state index contributed by atoms with van der Waals surface area (Å²) in [7, 11) is 0. The van der Waals surface area contributed by atoms with Gasteiger partial charge in [0.2, 0.25) is 0 Å². The number of hydrogen-bond donors (Lipinski definition) is 0. The van der Waals surface area contributed by atoms with Crippen LogP contribution in [0.4, 0.5) is 13.2 Å². The molecular formula is C3HF3Sn. The van der Waals surface area contributed by atoms with Crippen LogP contribution in [0.1, 0.15) is 0 Å². The fourth-order valence-corrected chi connectivity index (χ4v) is 0.549. The number of halogens is 3. The molecule has 7 heavy (non-hydrogen) atoms. The summed E-state index contributed by atoms with van der Waals surface area (Å²) in [6, 6.07) is 0. The summed E-state index contributed by atoms with van der Waals surface area (Å²) in [5, 5.41) is 0. The molecule has 0 aromatic heterocycles. The summed E-state index contributed by atoms with van der Waals surface area (Å²) < 4.78 is 34.6. The molecule has 0 nitrogen and oxygen atoms in total. The van der Waals surface area contributed by atoms with Crippen LogP contribution in [0.25, 0.3) is 0 Å². The van der Waals surface area contributed by atoms with E-state index in [1.165, 1.54) is 0 Å². The Labute approximate surface area is 52.2 Å². The van der Waals surface area contributed by atoms with Gasteiger partial charge in [-0.2, -0.15) is 0 Å². The molecule has 2 radical (unpaired) electrons. The molecule has 0 aromatic carbocycles. The van der Waals surface area contributed by atoms with Crippen LogP contribution >= 0.6 is 0 Å². The topological polar surface area (TPSA) is 0 Å². The van der Waals surface area contributed by atoms with Crippen LogP contribution in [0.15, 0.2) is 0 Å². The molecule has 0 aromatic rings.